The first kappa shape index (κ1) is 17.6. The Labute approximate surface area is 126 Å². The van der Waals surface area contributed by atoms with E-state index in [0.717, 1.165) is 6.42 Å². The minimum atomic E-state index is -3.41. The summed E-state index contributed by atoms with van der Waals surface area (Å²) in [6, 6.07) is 7.98. The molecule has 1 atom stereocenters. The third-order valence-electron chi connectivity index (χ3n) is 3.69. The first-order valence-electron chi connectivity index (χ1n) is 6.96. The summed E-state index contributed by atoms with van der Waals surface area (Å²) in [6.07, 6.45) is 1.38. The third kappa shape index (κ3) is 5.12. The van der Waals surface area contributed by atoms with Gasteiger partial charge >= 0.3 is 0 Å². The molecule has 0 aliphatic carbocycles. The number of hydrogen-bond donors (Lipinski definition) is 2. The van der Waals surface area contributed by atoms with Crippen molar-refractivity contribution >= 4 is 9.84 Å². The highest BCUT2D eigenvalue weighted by atomic mass is 32.2. The second kappa shape index (κ2) is 7.55. The Balaban J connectivity index is 2.71. The standard InChI is InChI=1S/C15H22N2O3S/c1-3-15(2,7-9-18)17-8-10-21(19,20)14-6-4-5-13(11-14)12-16/h4-6,11,17-18H,3,7-10H2,1-2H3. The lowest BCUT2D eigenvalue weighted by Crippen LogP contribution is -2.44. The molecule has 6 heteroatoms. The number of nitrogens with zero attached hydrogens (tertiary/aromatic N) is 1. The van der Waals surface area contributed by atoms with Crippen LogP contribution in [0.1, 0.15) is 32.3 Å². The summed E-state index contributed by atoms with van der Waals surface area (Å²) in [5, 5.41) is 21.1. The number of nitriles is 1. The van der Waals surface area contributed by atoms with Gasteiger partial charge in [-0.15, -0.1) is 0 Å². The van der Waals surface area contributed by atoms with E-state index in [1.54, 1.807) is 12.1 Å². The van der Waals surface area contributed by atoms with E-state index in [4.69, 9.17) is 10.4 Å². The van der Waals surface area contributed by atoms with E-state index in [0.29, 0.717) is 18.5 Å². The van der Waals surface area contributed by atoms with Gasteiger partial charge in [0.05, 0.1) is 22.3 Å². The SMILES string of the molecule is CCC(C)(CCO)NCCS(=O)(=O)c1cccc(C#N)c1. The summed E-state index contributed by atoms with van der Waals surface area (Å²) in [5.74, 6) is -0.0388. The van der Waals surface area contributed by atoms with Crippen LogP contribution in [-0.2, 0) is 9.84 Å². The molecule has 0 radical (unpaired) electrons. The Hall–Kier alpha value is -1.42. The zero-order valence-electron chi connectivity index (χ0n) is 12.5. The maximum Gasteiger partial charge on any atom is 0.179 e. The van der Waals surface area contributed by atoms with Crippen LogP contribution in [0.4, 0.5) is 0 Å². The van der Waals surface area contributed by atoms with Crippen molar-refractivity contribution in [3.63, 3.8) is 0 Å². The Morgan fingerprint density at radius 3 is 2.71 bits per heavy atom. The second-order valence-electron chi connectivity index (χ2n) is 5.27. The van der Waals surface area contributed by atoms with Crippen LogP contribution in [0, 0.1) is 11.3 Å². The van der Waals surface area contributed by atoms with E-state index in [1.165, 1.54) is 12.1 Å². The van der Waals surface area contributed by atoms with Gasteiger partial charge in [-0.05, 0) is 38.0 Å². The molecule has 1 unspecified atom stereocenters. The number of nitrogens with one attached hydrogen (secondary N) is 1. The number of hydrogen-bond acceptors (Lipinski definition) is 5. The predicted octanol–water partition coefficient (Wildman–Crippen LogP) is 1.47. The second-order valence-corrected chi connectivity index (χ2v) is 7.38. The monoisotopic (exact) mass is 310 g/mol. The summed E-state index contributed by atoms with van der Waals surface area (Å²) in [7, 11) is -3.41. The zero-order chi connectivity index (χ0) is 15.9. The Kier molecular flexibility index (Phi) is 6.34. The van der Waals surface area contributed by atoms with Crippen LogP contribution in [0.25, 0.3) is 0 Å². The first-order valence-corrected chi connectivity index (χ1v) is 8.61. The summed E-state index contributed by atoms with van der Waals surface area (Å²) < 4.78 is 24.5. The van der Waals surface area contributed by atoms with Gasteiger partial charge in [0.15, 0.2) is 9.84 Å². The molecule has 0 aliphatic rings. The number of aliphatic hydroxyl groups is 1. The molecule has 1 aromatic carbocycles. The van der Waals surface area contributed by atoms with E-state index >= 15 is 0 Å². The molecule has 0 fully saturated rings. The van der Waals surface area contributed by atoms with Crippen molar-refractivity contribution in [3.8, 4) is 6.07 Å². The number of sulfone groups is 1. The smallest absolute Gasteiger partial charge is 0.179 e. The molecule has 0 bridgehead atoms. The quantitative estimate of drug-likeness (QED) is 0.759. The van der Waals surface area contributed by atoms with Crippen LogP contribution in [-0.4, -0.2) is 38.0 Å². The van der Waals surface area contributed by atoms with Crippen molar-refractivity contribution in [1.82, 2.24) is 5.32 Å². The van der Waals surface area contributed by atoms with E-state index in [2.05, 4.69) is 5.32 Å². The van der Waals surface area contributed by atoms with Crippen LogP contribution in [0.5, 0.6) is 0 Å². The van der Waals surface area contributed by atoms with Gasteiger partial charge in [0.25, 0.3) is 0 Å². The highest BCUT2D eigenvalue weighted by molar-refractivity contribution is 7.91. The number of benzene rings is 1. The molecular weight excluding hydrogens is 288 g/mol. The molecule has 1 rings (SSSR count). The fraction of sp³-hybridized carbons (Fsp3) is 0.533. The van der Waals surface area contributed by atoms with Gasteiger partial charge in [0, 0.05) is 18.7 Å². The van der Waals surface area contributed by atoms with Crippen molar-refractivity contribution in [3.05, 3.63) is 29.8 Å². The largest absolute Gasteiger partial charge is 0.396 e. The van der Waals surface area contributed by atoms with E-state index in [9.17, 15) is 8.42 Å². The summed E-state index contributed by atoms with van der Waals surface area (Å²) in [5.41, 5.74) is 0.0707. The van der Waals surface area contributed by atoms with Gasteiger partial charge in [-0.1, -0.05) is 13.0 Å². The Bertz CT molecular complexity index is 608. The van der Waals surface area contributed by atoms with Crippen LogP contribution in [0.2, 0.25) is 0 Å². The summed E-state index contributed by atoms with van der Waals surface area (Å²) >= 11 is 0. The molecule has 21 heavy (non-hydrogen) atoms. The summed E-state index contributed by atoms with van der Waals surface area (Å²) in [4.78, 5) is 0.170. The molecule has 0 heterocycles. The predicted molar refractivity (Wildman–Crippen MR) is 81.6 cm³/mol. The molecule has 1 aromatic rings. The Morgan fingerprint density at radius 2 is 2.14 bits per heavy atom. The van der Waals surface area contributed by atoms with Crippen LogP contribution in [0.3, 0.4) is 0 Å². The van der Waals surface area contributed by atoms with Gasteiger partial charge in [-0.25, -0.2) is 8.42 Å². The topological polar surface area (TPSA) is 90.2 Å². The van der Waals surface area contributed by atoms with Crippen molar-refractivity contribution in [1.29, 1.82) is 5.26 Å². The highest BCUT2D eigenvalue weighted by Gasteiger charge is 2.22. The molecule has 5 nitrogen and oxygen atoms in total. The zero-order valence-corrected chi connectivity index (χ0v) is 13.3. The lowest BCUT2D eigenvalue weighted by atomic mass is 9.95. The molecule has 0 saturated heterocycles. The summed E-state index contributed by atoms with van der Waals surface area (Å²) in [6.45, 7) is 4.33. The normalized spacial score (nSPS) is 14.4. The third-order valence-corrected chi connectivity index (χ3v) is 5.40. The average Bonchev–Trinajstić information content (AvgIpc) is 2.47. The van der Waals surface area contributed by atoms with Crippen LogP contribution in [0.15, 0.2) is 29.2 Å². The lowest BCUT2D eigenvalue weighted by molar-refractivity contribution is 0.218. The van der Waals surface area contributed by atoms with E-state index < -0.39 is 9.84 Å². The van der Waals surface area contributed by atoms with E-state index in [-0.39, 0.29) is 22.8 Å². The molecule has 0 aromatic heterocycles. The minimum absolute atomic E-state index is 0.0388. The molecule has 0 aliphatic heterocycles. The van der Waals surface area contributed by atoms with Gasteiger partial charge < -0.3 is 10.4 Å². The molecule has 0 spiro atoms. The first-order chi connectivity index (χ1) is 9.87. The van der Waals surface area contributed by atoms with E-state index in [1.807, 2.05) is 19.9 Å². The number of rotatable bonds is 8. The molecular formula is C15H22N2O3S. The van der Waals surface area contributed by atoms with Crippen molar-refractivity contribution < 1.29 is 13.5 Å². The lowest BCUT2D eigenvalue weighted by Gasteiger charge is -2.29. The van der Waals surface area contributed by atoms with Gasteiger partial charge in [0.2, 0.25) is 0 Å². The maximum atomic E-state index is 12.2. The Morgan fingerprint density at radius 1 is 1.43 bits per heavy atom. The molecule has 2 N–H and O–H groups in total. The highest BCUT2D eigenvalue weighted by Crippen LogP contribution is 2.15. The fourth-order valence-corrected chi connectivity index (χ4v) is 3.20. The van der Waals surface area contributed by atoms with Gasteiger partial charge in [0.1, 0.15) is 0 Å². The van der Waals surface area contributed by atoms with Crippen LogP contribution < -0.4 is 5.32 Å². The van der Waals surface area contributed by atoms with Crippen molar-refractivity contribution in [2.24, 2.45) is 0 Å². The van der Waals surface area contributed by atoms with Crippen LogP contribution >= 0.6 is 0 Å². The average molecular weight is 310 g/mol. The molecule has 0 saturated carbocycles. The van der Waals surface area contributed by atoms with Gasteiger partial charge in [-0.3, -0.25) is 0 Å². The maximum absolute atomic E-state index is 12.2. The molecule has 0 amide bonds. The number of aliphatic hydroxyl groups excluding tert-OH is 1. The van der Waals surface area contributed by atoms with Gasteiger partial charge in [-0.2, -0.15) is 5.26 Å². The fourth-order valence-electron chi connectivity index (χ4n) is 2.00. The molecule has 116 valence electrons. The van der Waals surface area contributed by atoms with Crippen molar-refractivity contribution in [2.45, 2.75) is 37.1 Å². The van der Waals surface area contributed by atoms with Crippen molar-refractivity contribution in [2.75, 3.05) is 18.9 Å². The minimum Gasteiger partial charge on any atom is -0.396 e.